The number of anilines is 2. The standard InChI is InChI=1S/C26H31N5O/c1-2-24(21-9-4-3-5-10-21)26(32)29-22-12-13-25(28-19-22)31-16-8-15-30(17-18-31)20-23-11-6-7-14-27-23/h3-7,9-14,19,24H,2,8,15-18,20H2,1H3,(H,29,32). The first-order valence-electron chi connectivity index (χ1n) is 11.4. The SMILES string of the molecule is CCC(C(=O)Nc1ccc(N2CCCN(Cc3ccccn3)CC2)nc1)c1ccccc1. The van der Waals surface area contributed by atoms with Crippen LogP contribution in [0.3, 0.4) is 0 Å². The van der Waals surface area contributed by atoms with Gasteiger partial charge in [-0.3, -0.25) is 14.7 Å². The van der Waals surface area contributed by atoms with Crippen molar-refractivity contribution in [1.82, 2.24) is 14.9 Å². The van der Waals surface area contributed by atoms with E-state index in [4.69, 9.17) is 0 Å². The Hall–Kier alpha value is -3.25. The number of amides is 1. The number of carbonyl (C=O) groups excluding carboxylic acids is 1. The van der Waals surface area contributed by atoms with Crippen LogP contribution >= 0.6 is 0 Å². The lowest BCUT2D eigenvalue weighted by atomic mass is 9.95. The average molecular weight is 430 g/mol. The Morgan fingerprint density at radius 1 is 0.969 bits per heavy atom. The Kier molecular flexibility index (Phi) is 7.46. The molecule has 0 aliphatic carbocycles. The Balaban J connectivity index is 1.33. The molecule has 6 heteroatoms. The molecule has 1 fully saturated rings. The highest BCUT2D eigenvalue weighted by Gasteiger charge is 2.19. The van der Waals surface area contributed by atoms with Gasteiger partial charge in [0.05, 0.1) is 23.5 Å². The van der Waals surface area contributed by atoms with Gasteiger partial charge in [0.2, 0.25) is 5.91 Å². The number of nitrogens with one attached hydrogen (secondary N) is 1. The first-order chi connectivity index (χ1) is 15.7. The highest BCUT2D eigenvalue weighted by Crippen LogP contribution is 2.22. The second-order valence-electron chi connectivity index (χ2n) is 8.20. The molecule has 1 saturated heterocycles. The third kappa shape index (κ3) is 5.71. The molecule has 1 unspecified atom stereocenters. The van der Waals surface area contributed by atoms with Gasteiger partial charge in [-0.1, -0.05) is 43.3 Å². The van der Waals surface area contributed by atoms with Crippen LogP contribution in [0.15, 0.2) is 73.1 Å². The van der Waals surface area contributed by atoms with Crippen LogP contribution in [0.1, 0.15) is 36.9 Å². The largest absolute Gasteiger partial charge is 0.355 e. The van der Waals surface area contributed by atoms with Gasteiger partial charge in [0.1, 0.15) is 5.82 Å². The summed E-state index contributed by atoms with van der Waals surface area (Å²) >= 11 is 0. The molecule has 1 aliphatic rings. The molecule has 1 aromatic carbocycles. The number of aromatic nitrogens is 2. The van der Waals surface area contributed by atoms with E-state index in [0.717, 1.165) is 68.3 Å². The van der Waals surface area contributed by atoms with Crippen molar-refractivity contribution >= 4 is 17.4 Å². The van der Waals surface area contributed by atoms with Crippen molar-refractivity contribution in [1.29, 1.82) is 0 Å². The Morgan fingerprint density at radius 2 is 1.81 bits per heavy atom. The molecule has 2 aromatic heterocycles. The summed E-state index contributed by atoms with van der Waals surface area (Å²) < 4.78 is 0. The summed E-state index contributed by atoms with van der Waals surface area (Å²) in [6.07, 6.45) is 5.46. The number of carbonyl (C=O) groups is 1. The number of rotatable bonds is 7. The summed E-state index contributed by atoms with van der Waals surface area (Å²) in [6.45, 7) is 6.86. The second kappa shape index (κ2) is 10.9. The normalized spacial score (nSPS) is 15.7. The second-order valence-corrected chi connectivity index (χ2v) is 8.20. The number of hydrogen-bond donors (Lipinski definition) is 1. The molecule has 3 aromatic rings. The fourth-order valence-electron chi connectivity index (χ4n) is 4.21. The summed E-state index contributed by atoms with van der Waals surface area (Å²) in [5.41, 5.74) is 2.89. The van der Waals surface area contributed by atoms with E-state index >= 15 is 0 Å². The molecule has 0 saturated carbocycles. The van der Waals surface area contributed by atoms with Crippen molar-refractivity contribution in [3.8, 4) is 0 Å². The third-order valence-corrected chi connectivity index (χ3v) is 5.97. The van der Waals surface area contributed by atoms with Crippen LogP contribution < -0.4 is 10.2 Å². The maximum absolute atomic E-state index is 12.8. The van der Waals surface area contributed by atoms with Crippen molar-refractivity contribution in [3.63, 3.8) is 0 Å². The lowest BCUT2D eigenvalue weighted by molar-refractivity contribution is -0.117. The predicted molar refractivity (Wildman–Crippen MR) is 129 cm³/mol. The van der Waals surface area contributed by atoms with Gasteiger partial charge in [-0.2, -0.15) is 0 Å². The number of pyridine rings is 2. The lowest BCUT2D eigenvalue weighted by Crippen LogP contribution is -2.31. The maximum atomic E-state index is 12.8. The molecule has 32 heavy (non-hydrogen) atoms. The molecule has 0 bridgehead atoms. The summed E-state index contributed by atoms with van der Waals surface area (Å²) in [5, 5.41) is 3.03. The van der Waals surface area contributed by atoms with Crippen LogP contribution in [0.5, 0.6) is 0 Å². The molecule has 1 amide bonds. The minimum absolute atomic E-state index is 0.00758. The number of nitrogens with zero attached hydrogens (tertiary/aromatic N) is 4. The molecule has 6 nitrogen and oxygen atoms in total. The molecule has 0 radical (unpaired) electrons. The Bertz CT molecular complexity index is 978. The maximum Gasteiger partial charge on any atom is 0.231 e. The van der Waals surface area contributed by atoms with Gasteiger partial charge < -0.3 is 10.2 Å². The third-order valence-electron chi connectivity index (χ3n) is 5.97. The highest BCUT2D eigenvalue weighted by atomic mass is 16.1. The quantitative estimate of drug-likeness (QED) is 0.606. The van der Waals surface area contributed by atoms with Crippen LogP contribution in [0, 0.1) is 0 Å². The van der Waals surface area contributed by atoms with Crippen molar-refractivity contribution < 1.29 is 4.79 Å². The summed E-state index contributed by atoms with van der Waals surface area (Å²) in [6, 6.07) is 20.0. The van der Waals surface area contributed by atoms with Gasteiger partial charge in [0, 0.05) is 38.9 Å². The zero-order chi connectivity index (χ0) is 22.2. The molecule has 1 N–H and O–H groups in total. The minimum Gasteiger partial charge on any atom is -0.355 e. The molecule has 166 valence electrons. The van der Waals surface area contributed by atoms with Crippen molar-refractivity contribution in [3.05, 3.63) is 84.3 Å². The van der Waals surface area contributed by atoms with Crippen molar-refractivity contribution in [2.45, 2.75) is 32.2 Å². The summed E-state index contributed by atoms with van der Waals surface area (Å²) in [7, 11) is 0. The van der Waals surface area contributed by atoms with Crippen LogP contribution in [-0.4, -0.2) is 47.0 Å². The van der Waals surface area contributed by atoms with Crippen molar-refractivity contribution in [2.75, 3.05) is 36.4 Å². The molecule has 1 atom stereocenters. The van der Waals surface area contributed by atoms with Gasteiger partial charge >= 0.3 is 0 Å². The van der Waals surface area contributed by atoms with Crippen molar-refractivity contribution in [2.24, 2.45) is 0 Å². The average Bonchev–Trinajstić information content (AvgIpc) is 3.07. The smallest absolute Gasteiger partial charge is 0.231 e. The fourth-order valence-corrected chi connectivity index (χ4v) is 4.21. The molecule has 3 heterocycles. The van der Waals surface area contributed by atoms with Gasteiger partial charge in [-0.25, -0.2) is 4.98 Å². The van der Waals surface area contributed by atoms with E-state index in [1.54, 1.807) is 6.20 Å². The molecule has 4 rings (SSSR count). The Labute approximate surface area is 190 Å². The zero-order valence-electron chi connectivity index (χ0n) is 18.7. The summed E-state index contributed by atoms with van der Waals surface area (Å²) in [4.78, 5) is 26.7. The van der Waals surface area contributed by atoms with E-state index in [1.165, 1.54) is 0 Å². The van der Waals surface area contributed by atoms with Gasteiger partial charge in [0.15, 0.2) is 0 Å². The summed E-state index contributed by atoms with van der Waals surface area (Å²) in [5.74, 6) is 0.803. The topological polar surface area (TPSA) is 61.4 Å². The minimum atomic E-state index is -0.161. The van der Waals surface area contributed by atoms with Gasteiger partial charge in [0.25, 0.3) is 0 Å². The molecular formula is C26H31N5O. The van der Waals surface area contributed by atoms with E-state index in [9.17, 15) is 4.79 Å². The molecule has 0 spiro atoms. The molecular weight excluding hydrogens is 398 g/mol. The van der Waals surface area contributed by atoms with Crippen LogP contribution in [0.2, 0.25) is 0 Å². The van der Waals surface area contributed by atoms with Crippen LogP contribution in [0.4, 0.5) is 11.5 Å². The van der Waals surface area contributed by atoms with E-state index in [1.807, 2.05) is 67.7 Å². The highest BCUT2D eigenvalue weighted by molar-refractivity contribution is 5.95. The van der Waals surface area contributed by atoms with E-state index in [-0.39, 0.29) is 11.8 Å². The lowest BCUT2D eigenvalue weighted by Gasteiger charge is -2.23. The van der Waals surface area contributed by atoms with Crippen LogP contribution in [0.25, 0.3) is 0 Å². The first kappa shape index (κ1) is 22.0. The predicted octanol–water partition coefficient (Wildman–Crippen LogP) is 4.32. The number of hydrogen-bond acceptors (Lipinski definition) is 5. The number of benzene rings is 1. The van der Waals surface area contributed by atoms with E-state index in [0.29, 0.717) is 0 Å². The molecule has 1 aliphatic heterocycles. The first-order valence-corrected chi connectivity index (χ1v) is 11.4. The van der Waals surface area contributed by atoms with E-state index < -0.39 is 0 Å². The van der Waals surface area contributed by atoms with Crippen LogP contribution in [-0.2, 0) is 11.3 Å². The van der Waals surface area contributed by atoms with Gasteiger partial charge in [-0.05, 0) is 42.7 Å². The monoisotopic (exact) mass is 429 g/mol. The van der Waals surface area contributed by atoms with Gasteiger partial charge in [-0.15, -0.1) is 0 Å². The fraction of sp³-hybridized carbons (Fsp3) is 0.346. The van der Waals surface area contributed by atoms with E-state index in [2.05, 4.69) is 31.2 Å². The Morgan fingerprint density at radius 3 is 2.53 bits per heavy atom. The zero-order valence-corrected chi connectivity index (χ0v) is 18.7.